The first-order valence-electron chi connectivity index (χ1n) is 3.24. The molecule has 0 atom stereocenters. The number of nitrogens with two attached hydrogens (primary N) is 1. The van der Waals surface area contributed by atoms with Gasteiger partial charge in [-0.3, -0.25) is 4.79 Å². The van der Waals surface area contributed by atoms with Crippen LogP contribution in [0.2, 0.25) is 0 Å². The van der Waals surface area contributed by atoms with Gasteiger partial charge in [-0.05, 0) is 6.07 Å². The van der Waals surface area contributed by atoms with Crippen molar-refractivity contribution >= 4 is 17.2 Å². The average Bonchev–Trinajstić information content (AvgIpc) is 1.96. The predicted molar refractivity (Wildman–Crippen MR) is 47.4 cm³/mol. The van der Waals surface area contributed by atoms with Crippen LogP contribution in [-0.4, -0.2) is 9.56 Å². The molecule has 0 spiro atoms. The van der Waals surface area contributed by atoms with Gasteiger partial charge < -0.3 is 10.3 Å². The molecule has 1 aromatic rings. The van der Waals surface area contributed by atoms with Gasteiger partial charge in [-0.1, -0.05) is 12.2 Å². The van der Waals surface area contributed by atoms with Crippen LogP contribution in [0.1, 0.15) is 0 Å². The fourth-order valence-electron chi connectivity index (χ4n) is 0.794. The summed E-state index contributed by atoms with van der Waals surface area (Å²) in [5.74, 6) is -0.481. The van der Waals surface area contributed by atoms with Crippen molar-refractivity contribution in [2.24, 2.45) is 5.73 Å². The average molecular weight is 186 g/mol. The van der Waals surface area contributed by atoms with Crippen molar-refractivity contribution in [1.82, 2.24) is 4.57 Å². The molecular weight excluding hydrogens is 179 g/mol. The van der Waals surface area contributed by atoms with Crippen LogP contribution in [0.15, 0.2) is 23.1 Å². The van der Waals surface area contributed by atoms with Gasteiger partial charge in [-0.2, -0.15) is 0 Å². The lowest BCUT2D eigenvalue weighted by atomic mass is 10.4. The highest BCUT2D eigenvalue weighted by molar-refractivity contribution is 7.80. The Balaban J connectivity index is 3.06. The molecule has 0 bridgehead atoms. The Morgan fingerprint density at radius 3 is 2.92 bits per heavy atom. The highest BCUT2D eigenvalue weighted by Crippen LogP contribution is 1.91. The Labute approximate surface area is 73.6 Å². The first-order chi connectivity index (χ1) is 5.59. The summed E-state index contributed by atoms with van der Waals surface area (Å²) in [6.45, 7) is 0.0753. The number of hydrogen-bond donors (Lipinski definition) is 1. The van der Waals surface area contributed by atoms with Crippen molar-refractivity contribution in [3.05, 3.63) is 34.5 Å². The molecule has 2 N–H and O–H groups in total. The molecule has 0 aliphatic rings. The largest absolute Gasteiger partial charge is 0.392 e. The summed E-state index contributed by atoms with van der Waals surface area (Å²) in [6, 6.07) is 2.23. The quantitative estimate of drug-likeness (QED) is 0.674. The molecule has 0 fully saturated rings. The summed E-state index contributed by atoms with van der Waals surface area (Å²) in [4.78, 5) is 11.1. The SMILES string of the molecule is NC(=S)Cn1cc(F)ccc1=O. The zero-order valence-electron chi connectivity index (χ0n) is 6.16. The number of nitrogens with zero attached hydrogens (tertiary/aromatic N) is 1. The van der Waals surface area contributed by atoms with E-state index in [1.165, 1.54) is 0 Å². The number of aromatic nitrogens is 1. The van der Waals surface area contributed by atoms with Crippen molar-refractivity contribution in [3.8, 4) is 0 Å². The first kappa shape index (κ1) is 8.86. The van der Waals surface area contributed by atoms with Crippen molar-refractivity contribution < 1.29 is 4.39 Å². The molecule has 1 rings (SSSR count). The smallest absolute Gasteiger partial charge is 0.251 e. The number of hydrogen-bond acceptors (Lipinski definition) is 2. The lowest BCUT2D eigenvalue weighted by molar-refractivity contribution is 0.601. The number of rotatable bonds is 2. The normalized spacial score (nSPS) is 9.75. The molecule has 0 amide bonds. The number of pyridine rings is 1. The summed E-state index contributed by atoms with van der Waals surface area (Å²) in [6.07, 6.45) is 1.07. The van der Waals surface area contributed by atoms with E-state index in [9.17, 15) is 9.18 Å². The van der Waals surface area contributed by atoms with E-state index in [1.807, 2.05) is 0 Å². The van der Waals surface area contributed by atoms with Crippen LogP contribution >= 0.6 is 12.2 Å². The standard InChI is InChI=1S/C7H7FN2OS/c8-5-1-2-7(11)10(3-5)4-6(9)12/h1-3H,4H2,(H2,9,12). The van der Waals surface area contributed by atoms with E-state index in [0.29, 0.717) is 0 Å². The number of halogens is 1. The molecule has 3 nitrogen and oxygen atoms in total. The minimum Gasteiger partial charge on any atom is -0.392 e. The van der Waals surface area contributed by atoms with Crippen LogP contribution in [0.3, 0.4) is 0 Å². The molecular formula is C7H7FN2OS. The molecule has 0 unspecified atom stereocenters. The summed E-state index contributed by atoms with van der Waals surface area (Å²) < 4.78 is 13.7. The van der Waals surface area contributed by atoms with Gasteiger partial charge in [-0.15, -0.1) is 0 Å². The Hall–Kier alpha value is -1.23. The van der Waals surface area contributed by atoms with Gasteiger partial charge in [0.05, 0.1) is 11.5 Å². The van der Waals surface area contributed by atoms with E-state index in [-0.39, 0.29) is 17.1 Å². The maximum Gasteiger partial charge on any atom is 0.251 e. The summed E-state index contributed by atoms with van der Waals surface area (Å²) in [7, 11) is 0. The fraction of sp³-hybridized carbons (Fsp3) is 0.143. The van der Waals surface area contributed by atoms with E-state index in [0.717, 1.165) is 22.9 Å². The Morgan fingerprint density at radius 2 is 2.33 bits per heavy atom. The van der Waals surface area contributed by atoms with Gasteiger partial charge in [0.1, 0.15) is 5.82 Å². The Morgan fingerprint density at radius 1 is 1.67 bits per heavy atom. The predicted octanol–water partition coefficient (Wildman–Crippen LogP) is 0.274. The summed E-state index contributed by atoms with van der Waals surface area (Å²) in [5, 5.41) is 0. The van der Waals surface area contributed by atoms with Gasteiger partial charge in [0, 0.05) is 12.3 Å². The van der Waals surface area contributed by atoms with Crippen LogP contribution in [-0.2, 0) is 6.54 Å². The van der Waals surface area contributed by atoms with Crippen LogP contribution in [0.4, 0.5) is 4.39 Å². The molecule has 0 saturated heterocycles. The highest BCUT2D eigenvalue weighted by atomic mass is 32.1. The molecule has 0 aromatic carbocycles. The summed E-state index contributed by atoms with van der Waals surface area (Å²) >= 11 is 4.58. The minimum absolute atomic E-state index is 0.0753. The molecule has 0 aliphatic carbocycles. The van der Waals surface area contributed by atoms with E-state index in [1.54, 1.807) is 0 Å². The molecule has 0 aliphatic heterocycles. The van der Waals surface area contributed by atoms with Gasteiger partial charge in [0.2, 0.25) is 0 Å². The van der Waals surface area contributed by atoms with Crippen molar-refractivity contribution in [2.45, 2.75) is 6.54 Å². The van der Waals surface area contributed by atoms with Crippen molar-refractivity contribution in [2.75, 3.05) is 0 Å². The number of thiocarbonyl (C=S) groups is 1. The maximum absolute atomic E-state index is 12.6. The molecule has 0 radical (unpaired) electrons. The maximum atomic E-state index is 12.6. The van der Waals surface area contributed by atoms with E-state index >= 15 is 0 Å². The second-order valence-corrected chi connectivity index (χ2v) is 2.80. The molecule has 1 aromatic heterocycles. The molecule has 5 heteroatoms. The van der Waals surface area contributed by atoms with Gasteiger partial charge in [0.15, 0.2) is 0 Å². The monoisotopic (exact) mass is 186 g/mol. The zero-order chi connectivity index (χ0) is 9.14. The van der Waals surface area contributed by atoms with Crippen molar-refractivity contribution in [3.63, 3.8) is 0 Å². The third-order valence-corrected chi connectivity index (χ3v) is 1.40. The third-order valence-electron chi connectivity index (χ3n) is 1.27. The molecule has 0 saturated carbocycles. The van der Waals surface area contributed by atoms with Gasteiger partial charge in [-0.25, -0.2) is 4.39 Å². The fourth-order valence-corrected chi connectivity index (χ4v) is 0.933. The minimum atomic E-state index is -0.481. The van der Waals surface area contributed by atoms with E-state index < -0.39 is 5.82 Å². The zero-order valence-corrected chi connectivity index (χ0v) is 6.97. The van der Waals surface area contributed by atoms with Crippen LogP contribution < -0.4 is 11.3 Å². The van der Waals surface area contributed by atoms with Crippen LogP contribution in [0, 0.1) is 5.82 Å². The second kappa shape index (κ2) is 3.44. The van der Waals surface area contributed by atoms with E-state index in [4.69, 9.17) is 5.73 Å². The Kier molecular flexibility index (Phi) is 2.54. The second-order valence-electron chi connectivity index (χ2n) is 2.28. The van der Waals surface area contributed by atoms with Crippen molar-refractivity contribution in [1.29, 1.82) is 0 Å². The molecule has 64 valence electrons. The molecule has 1 heterocycles. The van der Waals surface area contributed by atoms with Crippen LogP contribution in [0.5, 0.6) is 0 Å². The van der Waals surface area contributed by atoms with Crippen LogP contribution in [0.25, 0.3) is 0 Å². The summed E-state index contributed by atoms with van der Waals surface area (Å²) in [5.41, 5.74) is 4.88. The Bertz CT molecular complexity index is 361. The lowest BCUT2D eigenvalue weighted by Crippen LogP contribution is -2.26. The topological polar surface area (TPSA) is 48.0 Å². The third kappa shape index (κ3) is 2.13. The van der Waals surface area contributed by atoms with Gasteiger partial charge in [0.25, 0.3) is 5.56 Å². The highest BCUT2D eigenvalue weighted by Gasteiger charge is 1.98. The lowest BCUT2D eigenvalue weighted by Gasteiger charge is -2.02. The first-order valence-corrected chi connectivity index (χ1v) is 3.65. The molecule has 12 heavy (non-hydrogen) atoms. The van der Waals surface area contributed by atoms with Gasteiger partial charge >= 0.3 is 0 Å². The van der Waals surface area contributed by atoms with E-state index in [2.05, 4.69) is 12.2 Å².